The van der Waals surface area contributed by atoms with Gasteiger partial charge in [-0.1, -0.05) is 29.8 Å². The highest BCUT2D eigenvalue weighted by Gasteiger charge is 2.11. The van der Waals surface area contributed by atoms with E-state index in [1.807, 2.05) is 51.1 Å². The summed E-state index contributed by atoms with van der Waals surface area (Å²) in [6.07, 6.45) is 0. The molecule has 1 aromatic heterocycles. The van der Waals surface area contributed by atoms with Gasteiger partial charge in [0.1, 0.15) is 5.69 Å². The smallest absolute Gasteiger partial charge is 0.319 e. The van der Waals surface area contributed by atoms with Gasteiger partial charge in [0.2, 0.25) is 0 Å². The lowest BCUT2D eigenvalue weighted by Crippen LogP contribution is -2.28. The Labute approximate surface area is 151 Å². The molecule has 0 radical (unpaired) electrons. The van der Waals surface area contributed by atoms with Crippen molar-refractivity contribution in [2.24, 2.45) is 0 Å². The third-order valence-electron chi connectivity index (χ3n) is 4.02. The van der Waals surface area contributed by atoms with Crippen LogP contribution in [0.1, 0.15) is 22.5 Å². The Morgan fingerprint density at radius 2 is 1.81 bits per heavy atom. The number of benzene rings is 2. The van der Waals surface area contributed by atoms with Crippen LogP contribution in [-0.4, -0.2) is 15.8 Å². The molecule has 0 aliphatic heterocycles. The minimum atomic E-state index is -0.451. The molecule has 2 aromatic carbocycles. The summed E-state index contributed by atoms with van der Waals surface area (Å²) in [5.41, 5.74) is 4.56. The summed E-state index contributed by atoms with van der Waals surface area (Å²) >= 11 is 0. The first-order valence-corrected chi connectivity index (χ1v) is 8.36. The Kier molecular flexibility index (Phi) is 5.02. The number of anilines is 1. The van der Waals surface area contributed by atoms with Crippen molar-refractivity contribution < 1.29 is 9.18 Å². The van der Waals surface area contributed by atoms with Gasteiger partial charge in [0, 0.05) is 17.9 Å². The van der Waals surface area contributed by atoms with Crippen molar-refractivity contribution in [3.8, 4) is 5.69 Å². The van der Waals surface area contributed by atoms with Crippen molar-refractivity contribution in [1.82, 2.24) is 15.1 Å². The number of nitrogens with zero attached hydrogens (tertiary/aromatic N) is 2. The summed E-state index contributed by atoms with van der Waals surface area (Å²) in [4.78, 5) is 12.0. The van der Waals surface area contributed by atoms with E-state index in [9.17, 15) is 9.18 Å². The molecule has 1 heterocycles. The van der Waals surface area contributed by atoms with E-state index < -0.39 is 5.82 Å². The average molecular weight is 352 g/mol. The second-order valence-corrected chi connectivity index (χ2v) is 6.30. The fourth-order valence-corrected chi connectivity index (χ4v) is 2.69. The lowest BCUT2D eigenvalue weighted by atomic mass is 10.1. The van der Waals surface area contributed by atoms with Gasteiger partial charge in [-0.05, 0) is 50.6 Å². The second kappa shape index (κ2) is 7.39. The summed E-state index contributed by atoms with van der Waals surface area (Å²) in [6.45, 7) is 6.13. The quantitative estimate of drug-likeness (QED) is 0.737. The van der Waals surface area contributed by atoms with Crippen molar-refractivity contribution in [3.05, 3.63) is 76.9 Å². The van der Waals surface area contributed by atoms with Crippen LogP contribution in [0.5, 0.6) is 0 Å². The molecule has 5 nitrogen and oxygen atoms in total. The number of carbonyl (C=O) groups is 1. The van der Waals surface area contributed by atoms with Crippen molar-refractivity contribution in [2.45, 2.75) is 27.3 Å². The lowest BCUT2D eigenvalue weighted by molar-refractivity contribution is 0.251. The van der Waals surface area contributed by atoms with Crippen molar-refractivity contribution in [1.29, 1.82) is 0 Å². The molecule has 0 atom stereocenters. The zero-order valence-corrected chi connectivity index (χ0v) is 15.0. The third-order valence-corrected chi connectivity index (χ3v) is 4.02. The van der Waals surface area contributed by atoms with Crippen LogP contribution < -0.4 is 10.6 Å². The summed E-state index contributed by atoms with van der Waals surface area (Å²) in [5.74, 6) is -0.451. The van der Waals surface area contributed by atoms with Gasteiger partial charge in [0.05, 0.1) is 5.69 Å². The normalized spacial score (nSPS) is 10.6. The summed E-state index contributed by atoms with van der Waals surface area (Å²) in [7, 11) is 0. The predicted octanol–water partition coefficient (Wildman–Crippen LogP) is 4.26. The van der Waals surface area contributed by atoms with E-state index >= 15 is 0 Å². The molecule has 0 spiro atoms. The van der Waals surface area contributed by atoms with Crippen LogP contribution in [0.15, 0.2) is 48.5 Å². The van der Waals surface area contributed by atoms with Crippen molar-refractivity contribution >= 4 is 11.7 Å². The number of aryl methyl sites for hydroxylation is 3. The molecule has 0 unspecified atom stereocenters. The highest BCUT2D eigenvalue weighted by atomic mass is 19.1. The number of urea groups is 1. The molecular formula is C20H21FN4O. The van der Waals surface area contributed by atoms with Crippen LogP contribution in [0.4, 0.5) is 14.9 Å². The molecule has 0 aliphatic carbocycles. The first kappa shape index (κ1) is 17.7. The second-order valence-electron chi connectivity index (χ2n) is 6.30. The van der Waals surface area contributed by atoms with Gasteiger partial charge in [-0.2, -0.15) is 5.10 Å². The third kappa shape index (κ3) is 4.08. The molecule has 0 aliphatic rings. The number of halogens is 1. The minimum Gasteiger partial charge on any atom is -0.334 e. The number of rotatable bonds is 4. The molecular weight excluding hydrogens is 331 g/mol. The van der Waals surface area contributed by atoms with Gasteiger partial charge in [-0.15, -0.1) is 0 Å². The fourth-order valence-electron chi connectivity index (χ4n) is 2.69. The van der Waals surface area contributed by atoms with Gasteiger partial charge in [0.15, 0.2) is 5.82 Å². The minimum absolute atomic E-state index is 0.348. The van der Waals surface area contributed by atoms with Crippen LogP contribution in [0, 0.1) is 26.6 Å². The van der Waals surface area contributed by atoms with E-state index in [0.717, 1.165) is 22.5 Å². The number of nitrogens with one attached hydrogen (secondary N) is 2. The van der Waals surface area contributed by atoms with E-state index in [0.29, 0.717) is 17.9 Å². The van der Waals surface area contributed by atoms with Crippen LogP contribution in [0.25, 0.3) is 5.69 Å². The Balaban J connectivity index is 1.64. The number of hydrogen-bond acceptors (Lipinski definition) is 2. The maximum absolute atomic E-state index is 14.4. The first-order chi connectivity index (χ1) is 12.4. The summed E-state index contributed by atoms with van der Waals surface area (Å²) < 4.78 is 16.0. The molecule has 6 heteroatoms. The number of hydrogen-bond donors (Lipinski definition) is 2. The van der Waals surface area contributed by atoms with Gasteiger partial charge in [0.25, 0.3) is 0 Å². The highest BCUT2D eigenvalue weighted by molar-refractivity contribution is 5.89. The zero-order chi connectivity index (χ0) is 18.7. The number of aromatic nitrogens is 2. The van der Waals surface area contributed by atoms with E-state index in [1.165, 1.54) is 6.07 Å². The topological polar surface area (TPSA) is 59.0 Å². The Morgan fingerprint density at radius 3 is 2.42 bits per heavy atom. The van der Waals surface area contributed by atoms with Crippen molar-refractivity contribution in [2.75, 3.05) is 5.32 Å². The van der Waals surface area contributed by atoms with Crippen LogP contribution in [-0.2, 0) is 6.54 Å². The van der Waals surface area contributed by atoms with Gasteiger partial charge in [-0.25, -0.2) is 13.9 Å². The maximum atomic E-state index is 14.4. The number of carbonyl (C=O) groups excluding carboxylic acids is 1. The molecule has 0 saturated carbocycles. The van der Waals surface area contributed by atoms with Gasteiger partial charge >= 0.3 is 6.03 Å². The van der Waals surface area contributed by atoms with Gasteiger partial charge in [-0.3, -0.25) is 0 Å². The maximum Gasteiger partial charge on any atom is 0.319 e. The van der Waals surface area contributed by atoms with E-state index in [2.05, 4.69) is 15.7 Å². The molecule has 26 heavy (non-hydrogen) atoms. The van der Waals surface area contributed by atoms with Crippen LogP contribution in [0.2, 0.25) is 0 Å². The molecule has 134 valence electrons. The van der Waals surface area contributed by atoms with Crippen LogP contribution in [0.3, 0.4) is 0 Å². The lowest BCUT2D eigenvalue weighted by Gasteiger charge is -2.10. The summed E-state index contributed by atoms with van der Waals surface area (Å²) in [6, 6.07) is 13.9. The fraction of sp³-hybridized carbons (Fsp3) is 0.200. The standard InChI is InChI=1S/C20H21FN4O/c1-13-4-6-16(7-5-13)12-22-20(26)23-17-8-9-19(18(21)11-17)25-15(3)10-14(2)24-25/h4-11H,12H2,1-3H3,(H2,22,23,26). The predicted molar refractivity (Wildman–Crippen MR) is 100 cm³/mol. The summed E-state index contributed by atoms with van der Waals surface area (Å²) in [5, 5.41) is 9.68. The van der Waals surface area contributed by atoms with Gasteiger partial charge < -0.3 is 10.6 Å². The van der Waals surface area contributed by atoms with E-state index in [4.69, 9.17) is 0 Å². The number of amides is 2. The van der Waals surface area contributed by atoms with Crippen LogP contribution >= 0.6 is 0 Å². The zero-order valence-electron chi connectivity index (χ0n) is 15.0. The largest absolute Gasteiger partial charge is 0.334 e. The Hall–Kier alpha value is -3.15. The highest BCUT2D eigenvalue weighted by Crippen LogP contribution is 2.20. The van der Waals surface area contributed by atoms with E-state index in [-0.39, 0.29) is 6.03 Å². The first-order valence-electron chi connectivity index (χ1n) is 8.36. The Morgan fingerprint density at radius 1 is 1.08 bits per heavy atom. The molecule has 0 bridgehead atoms. The molecule has 3 aromatic rings. The molecule has 2 N–H and O–H groups in total. The SMILES string of the molecule is Cc1ccc(CNC(=O)Nc2ccc(-n3nc(C)cc3C)c(F)c2)cc1. The molecule has 0 saturated heterocycles. The molecule has 3 rings (SSSR count). The Bertz CT molecular complexity index is 931. The molecule has 0 fully saturated rings. The van der Waals surface area contributed by atoms with Crippen molar-refractivity contribution in [3.63, 3.8) is 0 Å². The van der Waals surface area contributed by atoms with E-state index in [1.54, 1.807) is 16.8 Å². The molecule has 2 amide bonds. The monoisotopic (exact) mass is 352 g/mol. The average Bonchev–Trinajstić information content (AvgIpc) is 2.93.